The molecular weight excluding hydrogens is 596 g/mol. The van der Waals surface area contributed by atoms with Gasteiger partial charge in [0.1, 0.15) is 5.69 Å². The molecule has 1 aliphatic rings. The fourth-order valence-electron chi connectivity index (χ4n) is 3.20. The first-order valence-electron chi connectivity index (χ1n) is 9.56. The SMILES string of the molecule is C#CCN1C(=O)S/C(=C\c2cn(-c3ccccc3)nc2-c2cc(Br)c(OC(F)F)c(Br)c2)C1=O. The van der Waals surface area contributed by atoms with Crippen molar-refractivity contribution in [3.63, 3.8) is 0 Å². The fraction of sp³-hybridized carbons (Fsp3) is 0.0870. The molecule has 1 saturated heterocycles. The lowest BCUT2D eigenvalue weighted by atomic mass is 10.1. The van der Waals surface area contributed by atoms with E-state index in [0.29, 0.717) is 16.8 Å². The van der Waals surface area contributed by atoms with Gasteiger partial charge in [0.2, 0.25) is 0 Å². The van der Waals surface area contributed by atoms with Gasteiger partial charge < -0.3 is 4.74 Å². The molecule has 1 fully saturated rings. The van der Waals surface area contributed by atoms with Gasteiger partial charge in [0, 0.05) is 17.3 Å². The Labute approximate surface area is 214 Å². The van der Waals surface area contributed by atoms with Crippen LogP contribution in [0.5, 0.6) is 5.75 Å². The maximum atomic E-state index is 12.8. The van der Waals surface area contributed by atoms with Crippen LogP contribution < -0.4 is 4.74 Å². The van der Waals surface area contributed by atoms with Gasteiger partial charge in [0.05, 0.1) is 26.1 Å². The second-order valence-electron chi connectivity index (χ2n) is 6.83. The van der Waals surface area contributed by atoms with Crippen molar-refractivity contribution in [2.75, 3.05) is 6.54 Å². The van der Waals surface area contributed by atoms with Crippen molar-refractivity contribution in [2.24, 2.45) is 0 Å². The average molecular weight is 609 g/mol. The minimum atomic E-state index is -3.00. The van der Waals surface area contributed by atoms with E-state index in [1.807, 2.05) is 30.3 Å². The zero-order valence-electron chi connectivity index (χ0n) is 17.0. The molecule has 172 valence electrons. The molecule has 0 aliphatic carbocycles. The molecule has 1 aliphatic heterocycles. The number of ether oxygens (including phenoxy) is 1. The number of aromatic nitrogens is 2. The summed E-state index contributed by atoms with van der Waals surface area (Å²) in [4.78, 5) is 26.1. The maximum absolute atomic E-state index is 12.8. The number of alkyl halides is 2. The minimum Gasteiger partial charge on any atom is -0.432 e. The number of imide groups is 1. The van der Waals surface area contributed by atoms with Gasteiger partial charge in [-0.15, -0.1) is 6.42 Å². The summed E-state index contributed by atoms with van der Waals surface area (Å²) in [6.07, 6.45) is 8.54. The number of terminal acetylenes is 1. The monoisotopic (exact) mass is 607 g/mol. The van der Waals surface area contributed by atoms with Crippen LogP contribution in [-0.2, 0) is 4.79 Å². The van der Waals surface area contributed by atoms with Gasteiger partial charge in [-0.25, -0.2) is 4.68 Å². The van der Waals surface area contributed by atoms with E-state index in [0.717, 1.165) is 22.3 Å². The van der Waals surface area contributed by atoms with Gasteiger partial charge in [-0.3, -0.25) is 14.5 Å². The summed E-state index contributed by atoms with van der Waals surface area (Å²) in [7, 11) is 0. The van der Waals surface area contributed by atoms with E-state index in [1.165, 1.54) is 0 Å². The van der Waals surface area contributed by atoms with E-state index in [4.69, 9.17) is 6.42 Å². The summed E-state index contributed by atoms with van der Waals surface area (Å²) in [5.41, 5.74) is 2.32. The zero-order valence-corrected chi connectivity index (χ0v) is 21.0. The van der Waals surface area contributed by atoms with E-state index < -0.39 is 17.8 Å². The number of nitrogens with zero attached hydrogens (tertiary/aromatic N) is 3. The predicted octanol–water partition coefficient (Wildman–Crippen LogP) is 6.34. The van der Waals surface area contributed by atoms with Crippen LogP contribution in [0.15, 0.2) is 62.5 Å². The van der Waals surface area contributed by atoms with Crippen LogP contribution >= 0.6 is 43.6 Å². The number of carbonyl (C=O) groups is 2. The molecule has 11 heteroatoms. The molecule has 2 amide bonds. The van der Waals surface area contributed by atoms with Gasteiger partial charge in [0.15, 0.2) is 5.75 Å². The van der Waals surface area contributed by atoms with Crippen LogP contribution in [0.3, 0.4) is 0 Å². The molecule has 1 aromatic heterocycles. The fourth-order valence-corrected chi connectivity index (χ4v) is 5.40. The summed E-state index contributed by atoms with van der Waals surface area (Å²) in [5, 5.41) is 4.20. The third-order valence-electron chi connectivity index (χ3n) is 4.65. The van der Waals surface area contributed by atoms with Crippen LogP contribution in [0, 0.1) is 12.3 Å². The van der Waals surface area contributed by atoms with Crippen molar-refractivity contribution in [2.45, 2.75) is 6.61 Å². The van der Waals surface area contributed by atoms with Crippen molar-refractivity contribution in [3.8, 4) is 35.0 Å². The first kappa shape index (κ1) is 24.2. The Kier molecular flexibility index (Phi) is 7.21. The number of amides is 2. The number of halogens is 4. The second-order valence-corrected chi connectivity index (χ2v) is 9.53. The van der Waals surface area contributed by atoms with Crippen molar-refractivity contribution >= 4 is 60.8 Å². The van der Waals surface area contributed by atoms with Crippen LogP contribution in [0.2, 0.25) is 0 Å². The van der Waals surface area contributed by atoms with Gasteiger partial charge in [-0.1, -0.05) is 24.1 Å². The molecule has 2 aromatic carbocycles. The standard InChI is InChI=1S/C23H13Br2F2N3O3S/c1-2-8-29-21(31)18(34-23(29)32)11-14-12-30(15-6-4-3-5-7-15)28-19(14)13-9-16(24)20(17(25)10-13)33-22(26)27/h1,3-7,9-12,22H,8H2/b18-11-. The van der Waals surface area contributed by atoms with Crippen LogP contribution in [0.4, 0.5) is 13.6 Å². The van der Waals surface area contributed by atoms with E-state index in [1.54, 1.807) is 29.1 Å². The maximum Gasteiger partial charge on any atom is 0.387 e. The van der Waals surface area contributed by atoms with E-state index in [-0.39, 0.29) is 26.1 Å². The third-order valence-corrected chi connectivity index (χ3v) is 6.74. The highest BCUT2D eigenvalue weighted by Crippen LogP contribution is 2.40. The van der Waals surface area contributed by atoms with Crippen LogP contribution in [0.25, 0.3) is 23.0 Å². The molecule has 0 bridgehead atoms. The Balaban J connectivity index is 1.83. The normalized spacial score (nSPS) is 14.8. The first-order valence-corrected chi connectivity index (χ1v) is 12.0. The van der Waals surface area contributed by atoms with Crippen molar-refractivity contribution in [1.29, 1.82) is 0 Å². The number of hydrogen-bond acceptors (Lipinski definition) is 5. The van der Waals surface area contributed by atoms with E-state index in [9.17, 15) is 18.4 Å². The highest BCUT2D eigenvalue weighted by molar-refractivity contribution is 9.11. The largest absolute Gasteiger partial charge is 0.432 e. The number of carbonyl (C=O) groups excluding carboxylic acids is 2. The zero-order chi connectivity index (χ0) is 24.4. The molecule has 0 radical (unpaired) electrons. The van der Waals surface area contributed by atoms with Crippen molar-refractivity contribution in [1.82, 2.24) is 14.7 Å². The minimum absolute atomic E-state index is 0.0572. The van der Waals surface area contributed by atoms with Crippen LogP contribution in [0.1, 0.15) is 5.56 Å². The number of benzene rings is 2. The van der Waals surface area contributed by atoms with Gasteiger partial charge in [-0.05, 0) is 74.0 Å². The van der Waals surface area contributed by atoms with E-state index in [2.05, 4.69) is 47.6 Å². The Morgan fingerprint density at radius 1 is 1.18 bits per heavy atom. The Hall–Kier alpha value is -2.94. The molecule has 0 atom stereocenters. The topological polar surface area (TPSA) is 64.4 Å². The van der Waals surface area contributed by atoms with Gasteiger partial charge in [0.25, 0.3) is 11.1 Å². The molecule has 2 heterocycles. The number of rotatable bonds is 6. The van der Waals surface area contributed by atoms with Gasteiger partial charge >= 0.3 is 6.61 Å². The third kappa shape index (κ3) is 4.94. The Morgan fingerprint density at radius 2 is 1.85 bits per heavy atom. The summed E-state index contributed by atoms with van der Waals surface area (Å²) in [6.45, 7) is -3.12. The van der Waals surface area contributed by atoms with Gasteiger partial charge in [-0.2, -0.15) is 13.9 Å². The summed E-state index contributed by atoms with van der Waals surface area (Å²) >= 11 is 7.31. The summed E-state index contributed by atoms with van der Waals surface area (Å²) < 4.78 is 32.3. The molecule has 0 N–H and O–H groups in total. The highest BCUT2D eigenvalue weighted by Gasteiger charge is 2.34. The lowest BCUT2D eigenvalue weighted by Gasteiger charge is -2.11. The molecule has 34 heavy (non-hydrogen) atoms. The molecule has 6 nitrogen and oxygen atoms in total. The molecule has 3 aromatic rings. The average Bonchev–Trinajstić information content (AvgIpc) is 3.33. The quantitative estimate of drug-likeness (QED) is 0.242. The lowest BCUT2D eigenvalue weighted by molar-refractivity contribution is -0.122. The number of para-hydroxylation sites is 1. The lowest BCUT2D eigenvalue weighted by Crippen LogP contribution is -2.28. The molecule has 4 rings (SSSR count). The second kappa shape index (κ2) is 10.1. The summed E-state index contributed by atoms with van der Waals surface area (Å²) in [6, 6.07) is 12.4. The molecule has 0 saturated carbocycles. The molecular formula is C23H13Br2F2N3O3S. The summed E-state index contributed by atoms with van der Waals surface area (Å²) in [5.74, 6) is 1.75. The van der Waals surface area contributed by atoms with E-state index >= 15 is 0 Å². The smallest absolute Gasteiger partial charge is 0.387 e. The van der Waals surface area contributed by atoms with Crippen LogP contribution in [-0.4, -0.2) is 39.0 Å². The van der Waals surface area contributed by atoms with Crippen molar-refractivity contribution in [3.05, 3.63) is 68.1 Å². The number of hydrogen-bond donors (Lipinski definition) is 0. The van der Waals surface area contributed by atoms with Crippen molar-refractivity contribution < 1.29 is 23.1 Å². The Bertz CT molecular complexity index is 1330. The molecule has 0 unspecified atom stereocenters. The predicted molar refractivity (Wildman–Crippen MR) is 133 cm³/mol. The number of thioether (sulfide) groups is 1. The molecule has 0 spiro atoms. The Morgan fingerprint density at radius 3 is 2.47 bits per heavy atom. The first-order chi connectivity index (χ1) is 16.3. The highest BCUT2D eigenvalue weighted by atomic mass is 79.9.